The Bertz CT molecular complexity index is 897. The van der Waals surface area contributed by atoms with Gasteiger partial charge < -0.3 is 14.9 Å². The highest BCUT2D eigenvalue weighted by molar-refractivity contribution is 5.85. The number of carbonyl (C=O) groups is 1. The number of benzene rings is 1. The maximum absolute atomic E-state index is 13.3. The number of carbonyl (C=O) groups excluding carboxylic acids is 1. The van der Waals surface area contributed by atoms with Crippen molar-refractivity contribution in [3.05, 3.63) is 35.4 Å². The van der Waals surface area contributed by atoms with E-state index in [1.54, 1.807) is 0 Å². The van der Waals surface area contributed by atoms with Crippen molar-refractivity contribution in [1.29, 1.82) is 0 Å². The molecule has 162 valence electrons. The van der Waals surface area contributed by atoms with E-state index >= 15 is 0 Å². The summed E-state index contributed by atoms with van der Waals surface area (Å²) in [4.78, 5) is 22.8. The lowest BCUT2D eigenvalue weighted by atomic mass is 10.0. The highest BCUT2D eigenvalue weighted by atomic mass is 16.3. The number of amides is 1. The van der Waals surface area contributed by atoms with Gasteiger partial charge in [-0.15, -0.1) is 0 Å². The molecule has 1 saturated carbocycles. The molecule has 0 unspecified atom stereocenters. The van der Waals surface area contributed by atoms with Crippen LogP contribution in [0.1, 0.15) is 63.5 Å². The van der Waals surface area contributed by atoms with Gasteiger partial charge in [-0.25, -0.2) is 4.98 Å². The van der Waals surface area contributed by atoms with Gasteiger partial charge in [0.1, 0.15) is 5.82 Å². The summed E-state index contributed by atoms with van der Waals surface area (Å²) in [5.74, 6) is 1.40. The summed E-state index contributed by atoms with van der Waals surface area (Å²) >= 11 is 0. The van der Waals surface area contributed by atoms with E-state index in [0.29, 0.717) is 18.5 Å². The number of hydrogen-bond donors (Lipinski definition) is 1. The molecule has 0 radical (unpaired) electrons. The van der Waals surface area contributed by atoms with Crippen molar-refractivity contribution in [2.75, 3.05) is 18.0 Å². The Hall–Kier alpha value is -2.14. The maximum Gasteiger partial charge on any atom is 0.226 e. The van der Waals surface area contributed by atoms with Crippen LogP contribution in [0.15, 0.2) is 24.3 Å². The first-order valence-corrected chi connectivity index (χ1v) is 11.6. The Morgan fingerprint density at radius 2 is 1.90 bits per heavy atom. The largest absolute Gasteiger partial charge is 0.393 e. The molecule has 0 atom stereocenters. The molecule has 1 aliphatic heterocycles. The molecule has 2 heterocycles. The summed E-state index contributed by atoms with van der Waals surface area (Å²) < 4.78 is 0. The third kappa shape index (κ3) is 4.31. The zero-order chi connectivity index (χ0) is 21.3. The summed E-state index contributed by atoms with van der Waals surface area (Å²) in [6.45, 7) is 8.58. The fraction of sp³-hybridized carbons (Fsp3) is 0.600. The molecule has 1 aromatic heterocycles. The standard InChI is InChI=1S/C25H35N3O2/c1-4-18(5-2)25(30)28(21-9-10-21)16-20-15-19-8-6-7-17(3)23(19)26-24(20)27-13-11-22(29)12-14-27/h6-8,15,18,21-22,29H,4-5,9-14,16H2,1-3H3. The van der Waals surface area contributed by atoms with Gasteiger partial charge in [-0.2, -0.15) is 0 Å². The predicted molar refractivity (Wildman–Crippen MR) is 122 cm³/mol. The number of aliphatic hydroxyl groups excluding tert-OH is 1. The zero-order valence-corrected chi connectivity index (χ0v) is 18.6. The number of rotatable bonds is 7. The maximum atomic E-state index is 13.3. The molecule has 2 aromatic rings. The quantitative estimate of drug-likeness (QED) is 0.735. The number of aryl methyl sites for hydroxylation is 1. The number of para-hydroxylation sites is 1. The minimum atomic E-state index is -0.216. The van der Waals surface area contributed by atoms with Crippen LogP contribution < -0.4 is 4.90 Å². The summed E-state index contributed by atoms with van der Waals surface area (Å²) in [5.41, 5.74) is 3.34. The molecule has 1 N–H and O–H groups in total. The number of fused-ring (bicyclic) bond motifs is 1. The number of pyridine rings is 1. The Morgan fingerprint density at radius 1 is 1.20 bits per heavy atom. The molecule has 0 spiro atoms. The van der Waals surface area contributed by atoms with E-state index in [1.165, 1.54) is 5.56 Å². The summed E-state index contributed by atoms with van der Waals surface area (Å²) in [6.07, 6.45) is 5.33. The number of nitrogens with zero attached hydrogens (tertiary/aromatic N) is 3. The molecule has 2 aliphatic rings. The Kier molecular flexibility index (Phi) is 6.28. The van der Waals surface area contributed by atoms with Crippen molar-refractivity contribution in [1.82, 2.24) is 9.88 Å². The van der Waals surface area contributed by atoms with Crippen LogP contribution in [0.5, 0.6) is 0 Å². The summed E-state index contributed by atoms with van der Waals surface area (Å²) in [6, 6.07) is 8.92. The first-order chi connectivity index (χ1) is 14.5. The molecular weight excluding hydrogens is 374 g/mol. The van der Waals surface area contributed by atoms with E-state index in [9.17, 15) is 9.90 Å². The van der Waals surface area contributed by atoms with Crippen LogP contribution in [0.2, 0.25) is 0 Å². The van der Waals surface area contributed by atoms with E-state index in [1.807, 2.05) is 0 Å². The van der Waals surface area contributed by atoms with Crippen molar-refractivity contribution < 1.29 is 9.90 Å². The molecular formula is C25H35N3O2. The first-order valence-electron chi connectivity index (χ1n) is 11.6. The van der Waals surface area contributed by atoms with Gasteiger partial charge in [0, 0.05) is 42.5 Å². The molecule has 5 nitrogen and oxygen atoms in total. The average molecular weight is 410 g/mol. The van der Waals surface area contributed by atoms with Crippen molar-refractivity contribution >= 4 is 22.6 Å². The highest BCUT2D eigenvalue weighted by Crippen LogP contribution is 2.34. The number of hydrogen-bond acceptors (Lipinski definition) is 4. The Morgan fingerprint density at radius 3 is 2.53 bits per heavy atom. The van der Waals surface area contributed by atoms with Gasteiger partial charge in [0.15, 0.2) is 0 Å². The van der Waals surface area contributed by atoms with E-state index in [4.69, 9.17) is 4.98 Å². The average Bonchev–Trinajstić information content (AvgIpc) is 3.58. The highest BCUT2D eigenvalue weighted by Gasteiger charge is 2.35. The van der Waals surface area contributed by atoms with E-state index in [2.05, 4.69) is 54.8 Å². The lowest BCUT2D eigenvalue weighted by Crippen LogP contribution is -2.39. The predicted octanol–water partition coefficient (Wildman–Crippen LogP) is 4.43. The fourth-order valence-electron chi connectivity index (χ4n) is 4.68. The second-order valence-electron chi connectivity index (χ2n) is 9.05. The van der Waals surface area contributed by atoms with E-state index in [0.717, 1.165) is 73.9 Å². The zero-order valence-electron chi connectivity index (χ0n) is 18.6. The van der Waals surface area contributed by atoms with Gasteiger partial charge >= 0.3 is 0 Å². The van der Waals surface area contributed by atoms with Crippen molar-refractivity contribution in [3.8, 4) is 0 Å². The molecule has 1 aromatic carbocycles. The number of aliphatic hydroxyl groups is 1. The van der Waals surface area contributed by atoms with Gasteiger partial charge in [-0.1, -0.05) is 32.0 Å². The van der Waals surface area contributed by atoms with Crippen molar-refractivity contribution in [2.24, 2.45) is 5.92 Å². The molecule has 4 rings (SSSR count). The lowest BCUT2D eigenvalue weighted by Gasteiger charge is -2.34. The van der Waals surface area contributed by atoms with Crippen LogP contribution in [0, 0.1) is 12.8 Å². The third-order valence-electron chi connectivity index (χ3n) is 6.81. The normalized spacial score (nSPS) is 17.7. The van der Waals surface area contributed by atoms with Crippen LogP contribution >= 0.6 is 0 Å². The van der Waals surface area contributed by atoms with Crippen LogP contribution in [0.4, 0.5) is 5.82 Å². The smallest absolute Gasteiger partial charge is 0.226 e. The topological polar surface area (TPSA) is 56.7 Å². The first kappa shape index (κ1) is 21.1. The van der Waals surface area contributed by atoms with Crippen LogP contribution in [-0.2, 0) is 11.3 Å². The molecule has 1 saturated heterocycles. The van der Waals surface area contributed by atoms with Crippen molar-refractivity contribution in [2.45, 2.75) is 78.0 Å². The number of aromatic nitrogens is 1. The molecule has 0 bridgehead atoms. The second kappa shape index (κ2) is 8.93. The summed E-state index contributed by atoms with van der Waals surface area (Å²) in [7, 11) is 0. The molecule has 30 heavy (non-hydrogen) atoms. The SMILES string of the molecule is CCC(CC)C(=O)N(Cc1cc2cccc(C)c2nc1N1CCC(O)CC1)C1CC1. The van der Waals surface area contributed by atoms with Crippen LogP contribution in [0.3, 0.4) is 0 Å². The minimum Gasteiger partial charge on any atom is -0.393 e. The lowest BCUT2D eigenvalue weighted by molar-refractivity contribution is -0.137. The van der Waals surface area contributed by atoms with Crippen LogP contribution in [0.25, 0.3) is 10.9 Å². The van der Waals surface area contributed by atoms with Gasteiger partial charge in [0.05, 0.1) is 11.6 Å². The Labute approximate surface area is 180 Å². The molecule has 1 amide bonds. The van der Waals surface area contributed by atoms with Gasteiger partial charge in [-0.3, -0.25) is 4.79 Å². The molecule has 2 fully saturated rings. The number of piperidine rings is 1. The monoisotopic (exact) mass is 409 g/mol. The number of anilines is 1. The van der Waals surface area contributed by atoms with Gasteiger partial charge in [0.25, 0.3) is 0 Å². The minimum absolute atomic E-state index is 0.106. The molecule has 5 heteroatoms. The van der Waals surface area contributed by atoms with Gasteiger partial charge in [-0.05, 0) is 57.1 Å². The van der Waals surface area contributed by atoms with E-state index in [-0.39, 0.29) is 12.0 Å². The second-order valence-corrected chi connectivity index (χ2v) is 9.05. The van der Waals surface area contributed by atoms with Crippen LogP contribution in [-0.4, -0.2) is 46.1 Å². The van der Waals surface area contributed by atoms with Gasteiger partial charge in [0.2, 0.25) is 5.91 Å². The summed E-state index contributed by atoms with van der Waals surface area (Å²) in [5, 5.41) is 11.1. The third-order valence-corrected chi connectivity index (χ3v) is 6.81. The van der Waals surface area contributed by atoms with Crippen molar-refractivity contribution in [3.63, 3.8) is 0 Å². The Balaban J connectivity index is 1.72. The van der Waals surface area contributed by atoms with E-state index < -0.39 is 0 Å². The fourth-order valence-corrected chi connectivity index (χ4v) is 4.68. The molecule has 1 aliphatic carbocycles.